The molecule has 0 amide bonds. The quantitative estimate of drug-likeness (QED) is 0.841. The maximum Gasteiger partial charge on any atom is 0.293 e. The van der Waals surface area contributed by atoms with Crippen LogP contribution in [0.25, 0.3) is 0 Å². The van der Waals surface area contributed by atoms with Crippen LogP contribution in [0.15, 0.2) is 17.2 Å². The van der Waals surface area contributed by atoms with Crippen molar-refractivity contribution < 1.29 is 4.21 Å². The molecular weight excluding hydrogens is 250 g/mol. The Morgan fingerprint density at radius 3 is 2.67 bits per heavy atom. The van der Waals surface area contributed by atoms with Gasteiger partial charge >= 0.3 is 0 Å². The van der Waals surface area contributed by atoms with E-state index >= 15 is 0 Å². The summed E-state index contributed by atoms with van der Waals surface area (Å²) in [6.45, 7) is 6.68. The Balaban J connectivity index is 2.84. The van der Waals surface area contributed by atoms with Crippen molar-refractivity contribution in [3.63, 3.8) is 0 Å². The van der Waals surface area contributed by atoms with E-state index in [1.54, 1.807) is 23.2 Å². The molecule has 0 saturated carbocycles. The van der Waals surface area contributed by atoms with Gasteiger partial charge in [-0.3, -0.25) is 9.00 Å². The van der Waals surface area contributed by atoms with E-state index < -0.39 is 10.8 Å². The lowest BCUT2D eigenvalue weighted by Gasteiger charge is -2.14. The molecule has 102 valence electrons. The highest BCUT2D eigenvalue weighted by Gasteiger charge is 2.10. The third kappa shape index (κ3) is 4.60. The minimum Gasteiger partial charge on any atom is -0.362 e. The zero-order valence-electron chi connectivity index (χ0n) is 11.3. The molecule has 0 spiro atoms. The van der Waals surface area contributed by atoms with Crippen LogP contribution in [-0.2, 0) is 17.3 Å². The summed E-state index contributed by atoms with van der Waals surface area (Å²) in [7, 11) is -0.890. The summed E-state index contributed by atoms with van der Waals surface area (Å²) in [6.07, 6.45) is 4.95. The maximum atomic E-state index is 12.1. The van der Waals surface area contributed by atoms with Crippen LogP contribution in [0.4, 0.5) is 5.82 Å². The molecule has 0 radical (unpaired) electrons. The number of anilines is 1. The fraction of sp³-hybridized carbons (Fsp3) is 0.667. The van der Waals surface area contributed by atoms with E-state index in [2.05, 4.69) is 24.1 Å². The summed E-state index contributed by atoms with van der Waals surface area (Å²) in [5.74, 6) is 1.23. The van der Waals surface area contributed by atoms with Crippen molar-refractivity contribution in [1.29, 1.82) is 0 Å². The van der Waals surface area contributed by atoms with Crippen LogP contribution in [0.3, 0.4) is 0 Å². The SMILES string of the molecule is CC(C)Cn1ccnc(NC(C)CS(C)=O)c1=O. The second-order valence-electron chi connectivity index (χ2n) is 4.91. The van der Waals surface area contributed by atoms with E-state index in [-0.39, 0.29) is 11.6 Å². The summed E-state index contributed by atoms with van der Waals surface area (Å²) in [4.78, 5) is 16.1. The van der Waals surface area contributed by atoms with Gasteiger partial charge in [0, 0.05) is 47.8 Å². The maximum absolute atomic E-state index is 12.1. The number of rotatable bonds is 6. The van der Waals surface area contributed by atoms with Crippen molar-refractivity contribution in [3.8, 4) is 0 Å². The van der Waals surface area contributed by atoms with Gasteiger partial charge in [0.05, 0.1) is 0 Å². The molecule has 1 N–H and O–H groups in total. The Hall–Kier alpha value is -1.17. The van der Waals surface area contributed by atoms with Gasteiger partial charge in [-0.25, -0.2) is 4.98 Å². The zero-order chi connectivity index (χ0) is 13.7. The Labute approximate surface area is 110 Å². The summed E-state index contributed by atoms with van der Waals surface area (Å²) in [5, 5.41) is 3.02. The predicted molar refractivity (Wildman–Crippen MR) is 75.4 cm³/mol. The average molecular weight is 271 g/mol. The van der Waals surface area contributed by atoms with Crippen LogP contribution < -0.4 is 10.9 Å². The van der Waals surface area contributed by atoms with Gasteiger partial charge in [0.15, 0.2) is 5.82 Å². The first-order valence-corrected chi connectivity index (χ1v) is 7.75. The van der Waals surface area contributed by atoms with Gasteiger partial charge in [-0.1, -0.05) is 13.8 Å². The Morgan fingerprint density at radius 2 is 2.11 bits per heavy atom. The van der Waals surface area contributed by atoms with E-state index in [9.17, 15) is 9.00 Å². The second-order valence-corrected chi connectivity index (χ2v) is 6.39. The predicted octanol–water partition coefficient (Wildman–Crippen LogP) is 1.08. The summed E-state index contributed by atoms with van der Waals surface area (Å²) in [6, 6.07) is -0.0362. The van der Waals surface area contributed by atoms with Gasteiger partial charge in [-0.2, -0.15) is 0 Å². The third-order valence-electron chi connectivity index (χ3n) is 2.34. The standard InChI is InChI=1S/C12H21N3O2S/c1-9(2)7-15-6-5-13-11(12(15)16)14-10(3)8-18(4)17/h5-6,9-10H,7-8H2,1-4H3,(H,13,14). The molecule has 1 rings (SSSR count). The first-order chi connectivity index (χ1) is 8.40. The molecule has 0 aliphatic heterocycles. The van der Waals surface area contributed by atoms with E-state index in [1.807, 2.05) is 6.92 Å². The van der Waals surface area contributed by atoms with Crippen LogP contribution in [-0.4, -0.2) is 31.8 Å². The van der Waals surface area contributed by atoms with Crippen molar-refractivity contribution in [1.82, 2.24) is 9.55 Å². The van der Waals surface area contributed by atoms with Crippen LogP contribution in [0.2, 0.25) is 0 Å². The Bertz CT molecular complexity index is 471. The molecule has 0 aliphatic carbocycles. The van der Waals surface area contributed by atoms with Gasteiger partial charge < -0.3 is 9.88 Å². The fourth-order valence-corrected chi connectivity index (χ4v) is 2.50. The highest BCUT2D eigenvalue weighted by molar-refractivity contribution is 7.84. The number of aromatic nitrogens is 2. The largest absolute Gasteiger partial charge is 0.362 e. The molecule has 0 aliphatic rings. The number of hydrogen-bond acceptors (Lipinski definition) is 4. The average Bonchev–Trinajstić information content (AvgIpc) is 2.22. The lowest BCUT2D eigenvalue weighted by Crippen LogP contribution is -2.31. The molecule has 0 aromatic carbocycles. The number of nitrogens with one attached hydrogen (secondary N) is 1. The van der Waals surface area contributed by atoms with Crippen molar-refractivity contribution in [3.05, 3.63) is 22.7 Å². The summed E-state index contributed by atoms with van der Waals surface area (Å²) < 4.78 is 12.8. The van der Waals surface area contributed by atoms with Gasteiger partial charge in [0.2, 0.25) is 0 Å². The van der Waals surface area contributed by atoms with E-state index in [1.165, 1.54) is 0 Å². The topological polar surface area (TPSA) is 64.0 Å². The van der Waals surface area contributed by atoms with Gasteiger partial charge in [0.25, 0.3) is 5.56 Å². The lowest BCUT2D eigenvalue weighted by molar-refractivity contribution is 0.509. The summed E-state index contributed by atoms with van der Waals surface area (Å²) >= 11 is 0. The van der Waals surface area contributed by atoms with Crippen LogP contribution in [0.1, 0.15) is 20.8 Å². The molecule has 2 atom stereocenters. The first-order valence-electron chi connectivity index (χ1n) is 6.02. The minimum absolute atomic E-state index is 0.0362. The van der Waals surface area contributed by atoms with Gasteiger partial charge in [-0.15, -0.1) is 0 Å². The highest BCUT2D eigenvalue weighted by atomic mass is 32.2. The molecule has 0 fully saturated rings. The molecule has 0 bridgehead atoms. The molecule has 0 saturated heterocycles. The minimum atomic E-state index is -0.890. The molecule has 1 aromatic rings. The number of nitrogens with zero attached hydrogens (tertiary/aromatic N) is 2. The Morgan fingerprint density at radius 1 is 1.44 bits per heavy atom. The van der Waals surface area contributed by atoms with Crippen molar-refractivity contribution >= 4 is 16.6 Å². The van der Waals surface area contributed by atoms with Crippen molar-refractivity contribution in [2.24, 2.45) is 5.92 Å². The summed E-state index contributed by atoms with van der Waals surface area (Å²) in [5.41, 5.74) is -0.125. The zero-order valence-corrected chi connectivity index (χ0v) is 12.2. The van der Waals surface area contributed by atoms with Crippen LogP contribution in [0, 0.1) is 5.92 Å². The molecule has 6 heteroatoms. The molecular formula is C12H21N3O2S. The third-order valence-corrected chi connectivity index (χ3v) is 3.31. The van der Waals surface area contributed by atoms with Gasteiger partial charge in [-0.05, 0) is 12.8 Å². The smallest absolute Gasteiger partial charge is 0.293 e. The molecule has 1 heterocycles. The molecule has 5 nitrogen and oxygen atoms in total. The monoisotopic (exact) mass is 271 g/mol. The molecule has 18 heavy (non-hydrogen) atoms. The first kappa shape index (κ1) is 14.9. The van der Waals surface area contributed by atoms with E-state index in [4.69, 9.17) is 0 Å². The van der Waals surface area contributed by atoms with Crippen molar-refractivity contribution in [2.45, 2.75) is 33.4 Å². The fourth-order valence-electron chi connectivity index (χ4n) is 1.71. The Kier molecular flexibility index (Phi) is 5.53. The van der Waals surface area contributed by atoms with E-state index in [0.717, 1.165) is 0 Å². The molecule has 1 aromatic heterocycles. The molecule has 2 unspecified atom stereocenters. The van der Waals surface area contributed by atoms with Gasteiger partial charge in [0.1, 0.15) is 0 Å². The second kappa shape index (κ2) is 6.68. The van der Waals surface area contributed by atoms with Crippen LogP contribution in [0.5, 0.6) is 0 Å². The normalized spacial score (nSPS) is 14.5. The highest BCUT2D eigenvalue weighted by Crippen LogP contribution is 2.01. The van der Waals surface area contributed by atoms with Crippen molar-refractivity contribution in [2.75, 3.05) is 17.3 Å². The van der Waals surface area contributed by atoms with E-state index in [0.29, 0.717) is 24.0 Å². The number of hydrogen-bond donors (Lipinski definition) is 1. The van der Waals surface area contributed by atoms with Crippen LogP contribution >= 0.6 is 0 Å². The lowest BCUT2D eigenvalue weighted by atomic mass is 10.2.